The molecule has 2 heterocycles. The highest BCUT2D eigenvalue weighted by molar-refractivity contribution is 5.04. The van der Waals surface area contributed by atoms with Crippen molar-refractivity contribution in [3.05, 3.63) is 48.3 Å². The lowest BCUT2D eigenvalue weighted by atomic mass is 10.3. The third-order valence-electron chi connectivity index (χ3n) is 2.32. The van der Waals surface area contributed by atoms with Gasteiger partial charge in [-0.05, 0) is 12.1 Å². The zero-order valence-electron chi connectivity index (χ0n) is 8.50. The minimum atomic E-state index is 0.481. The lowest BCUT2D eigenvalue weighted by Crippen LogP contribution is -2.09. The first kappa shape index (κ1) is 9.86. The number of hydrogen-bond acceptors (Lipinski definition) is 3. The molecule has 0 aromatic carbocycles. The summed E-state index contributed by atoms with van der Waals surface area (Å²) in [7, 11) is 0. The molecule has 78 valence electrons. The van der Waals surface area contributed by atoms with Crippen molar-refractivity contribution in [1.82, 2.24) is 14.5 Å². The Balaban J connectivity index is 1.99. The average molecular weight is 202 g/mol. The molecule has 0 aliphatic rings. The maximum Gasteiger partial charge on any atom is 0.122 e. The number of rotatable bonds is 4. The third kappa shape index (κ3) is 2.41. The Hall–Kier alpha value is -1.68. The third-order valence-corrected chi connectivity index (χ3v) is 2.32. The van der Waals surface area contributed by atoms with E-state index in [0.717, 1.165) is 24.5 Å². The van der Waals surface area contributed by atoms with Crippen molar-refractivity contribution in [2.45, 2.75) is 19.5 Å². The van der Waals surface area contributed by atoms with Gasteiger partial charge in [0.25, 0.3) is 0 Å². The Morgan fingerprint density at radius 2 is 2.13 bits per heavy atom. The van der Waals surface area contributed by atoms with E-state index in [0.29, 0.717) is 6.54 Å². The SMILES string of the molecule is NCc1nccn1CCc1ccccn1. The van der Waals surface area contributed by atoms with Gasteiger partial charge in [-0.2, -0.15) is 0 Å². The van der Waals surface area contributed by atoms with E-state index in [-0.39, 0.29) is 0 Å². The van der Waals surface area contributed by atoms with E-state index >= 15 is 0 Å². The van der Waals surface area contributed by atoms with Crippen LogP contribution in [0.5, 0.6) is 0 Å². The van der Waals surface area contributed by atoms with Gasteiger partial charge >= 0.3 is 0 Å². The Labute approximate surface area is 88.8 Å². The maximum atomic E-state index is 5.57. The van der Waals surface area contributed by atoms with Crippen LogP contribution in [-0.4, -0.2) is 14.5 Å². The Morgan fingerprint density at radius 1 is 1.20 bits per heavy atom. The number of aryl methyl sites for hydroxylation is 2. The summed E-state index contributed by atoms with van der Waals surface area (Å²) in [4.78, 5) is 8.43. The van der Waals surface area contributed by atoms with Gasteiger partial charge in [0.05, 0.1) is 6.54 Å². The Morgan fingerprint density at radius 3 is 2.87 bits per heavy atom. The molecule has 0 bridgehead atoms. The average Bonchev–Trinajstić information content (AvgIpc) is 2.75. The molecule has 4 nitrogen and oxygen atoms in total. The van der Waals surface area contributed by atoms with E-state index in [9.17, 15) is 0 Å². The lowest BCUT2D eigenvalue weighted by molar-refractivity contribution is 0.644. The molecule has 0 spiro atoms. The van der Waals surface area contributed by atoms with Crippen molar-refractivity contribution in [2.24, 2.45) is 5.73 Å². The molecule has 0 aliphatic heterocycles. The van der Waals surface area contributed by atoms with Crippen LogP contribution in [0.15, 0.2) is 36.8 Å². The molecule has 15 heavy (non-hydrogen) atoms. The highest BCUT2D eigenvalue weighted by atomic mass is 15.1. The van der Waals surface area contributed by atoms with Crippen molar-refractivity contribution >= 4 is 0 Å². The molecule has 0 fully saturated rings. The van der Waals surface area contributed by atoms with Gasteiger partial charge in [-0.3, -0.25) is 4.98 Å². The molecule has 4 heteroatoms. The molecule has 2 aromatic rings. The van der Waals surface area contributed by atoms with Gasteiger partial charge in [0, 0.05) is 37.3 Å². The van der Waals surface area contributed by atoms with E-state index in [4.69, 9.17) is 5.73 Å². The normalized spacial score (nSPS) is 10.5. The second-order valence-corrected chi connectivity index (χ2v) is 3.31. The largest absolute Gasteiger partial charge is 0.333 e. The first-order valence-corrected chi connectivity index (χ1v) is 5.00. The van der Waals surface area contributed by atoms with E-state index < -0.39 is 0 Å². The summed E-state index contributed by atoms with van der Waals surface area (Å²) in [5.41, 5.74) is 6.66. The minimum Gasteiger partial charge on any atom is -0.333 e. The number of nitrogens with two attached hydrogens (primary N) is 1. The molecule has 0 aliphatic carbocycles. The molecular weight excluding hydrogens is 188 g/mol. The number of nitrogens with zero attached hydrogens (tertiary/aromatic N) is 3. The van der Waals surface area contributed by atoms with Crippen molar-refractivity contribution < 1.29 is 0 Å². The van der Waals surface area contributed by atoms with Crippen molar-refractivity contribution in [1.29, 1.82) is 0 Å². The molecule has 0 saturated heterocycles. The molecule has 2 rings (SSSR count). The summed E-state index contributed by atoms with van der Waals surface area (Å²) in [5.74, 6) is 0.922. The van der Waals surface area contributed by atoms with Crippen LogP contribution in [0.3, 0.4) is 0 Å². The molecular formula is C11H14N4. The number of aromatic nitrogens is 3. The van der Waals surface area contributed by atoms with Crippen molar-refractivity contribution in [3.8, 4) is 0 Å². The van der Waals surface area contributed by atoms with Crippen LogP contribution in [0.25, 0.3) is 0 Å². The summed E-state index contributed by atoms with van der Waals surface area (Å²) >= 11 is 0. The second kappa shape index (κ2) is 4.70. The summed E-state index contributed by atoms with van der Waals surface area (Å²) < 4.78 is 2.06. The smallest absolute Gasteiger partial charge is 0.122 e. The Kier molecular flexibility index (Phi) is 3.09. The first-order valence-electron chi connectivity index (χ1n) is 5.00. The quantitative estimate of drug-likeness (QED) is 0.804. The van der Waals surface area contributed by atoms with Crippen LogP contribution in [0.4, 0.5) is 0 Å². The summed E-state index contributed by atoms with van der Waals surface area (Å²) in [6, 6.07) is 5.95. The molecule has 2 N–H and O–H groups in total. The number of hydrogen-bond donors (Lipinski definition) is 1. The fourth-order valence-electron chi connectivity index (χ4n) is 1.51. The highest BCUT2D eigenvalue weighted by Gasteiger charge is 2.00. The molecule has 2 aromatic heterocycles. The topological polar surface area (TPSA) is 56.7 Å². The summed E-state index contributed by atoms with van der Waals surface area (Å²) in [6.07, 6.45) is 6.45. The minimum absolute atomic E-state index is 0.481. The van der Waals surface area contributed by atoms with Gasteiger partial charge in [0.2, 0.25) is 0 Å². The van der Waals surface area contributed by atoms with Gasteiger partial charge in [0.15, 0.2) is 0 Å². The molecule has 0 unspecified atom stereocenters. The maximum absolute atomic E-state index is 5.57. The van der Waals surface area contributed by atoms with Crippen LogP contribution < -0.4 is 5.73 Å². The van der Waals surface area contributed by atoms with Crippen LogP contribution >= 0.6 is 0 Å². The highest BCUT2D eigenvalue weighted by Crippen LogP contribution is 2.01. The molecule has 0 radical (unpaired) electrons. The fraction of sp³-hybridized carbons (Fsp3) is 0.273. The fourth-order valence-corrected chi connectivity index (χ4v) is 1.51. The lowest BCUT2D eigenvalue weighted by Gasteiger charge is -2.05. The summed E-state index contributed by atoms with van der Waals surface area (Å²) in [6.45, 7) is 1.36. The van der Waals surface area contributed by atoms with Gasteiger partial charge in [-0.15, -0.1) is 0 Å². The predicted molar refractivity (Wildman–Crippen MR) is 58.1 cm³/mol. The summed E-state index contributed by atoms with van der Waals surface area (Å²) in [5, 5.41) is 0. The van der Waals surface area contributed by atoms with E-state index in [1.54, 1.807) is 6.20 Å². The Bertz CT molecular complexity index is 408. The number of imidazole rings is 1. The zero-order chi connectivity index (χ0) is 10.5. The monoisotopic (exact) mass is 202 g/mol. The van der Waals surface area contributed by atoms with Gasteiger partial charge in [0.1, 0.15) is 5.82 Å². The molecule has 0 amide bonds. The van der Waals surface area contributed by atoms with Gasteiger partial charge in [-0.25, -0.2) is 4.98 Å². The second-order valence-electron chi connectivity index (χ2n) is 3.31. The first-order chi connectivity index (χ1) is 7.40. The standard InChI is InChI=1S/C11H14N4/c12-9-11-14-6-8-15(11)7-4-10-3-1-2-5-13-10/h1-3,5-6,8H,4,7,9,12H2. The molecule has 0 saturated carbocycles. The zero-order valence-corrected chi connectivity index (χ0v) is 8.50. The molecule has 0 atom stereocenters. The van der Waals surface area contributed by atoms with E-state index in [1.807, 2.05) is 30.6 Å². The van der Waals surface area contributed by atoms with Crippen molar-refractivity contribution in [2.75, 3.05) is 0 Å². The van der Waals surface area contributed by atoms with Crippen LogP contribution in [-0.2, 0) is 19.5 Å². The van der Waals surface area contributed by atoms with E-state index in [1.165, 1.54) is 0 Å². The van der Waals surface area contributed by atoms with Crippen LogP contribution in [0, 0.1) is 0 Å². The van der Waals surface area contributed by atoms with Gasteiger partial charge < -0.3 is 10.3 Å². The van der Waals surface area contributed by atoms with Crippen LogP contribution in [0.1, 0.15) is 11.5 Å². The van der Waals surface area contributed by atoms with Gasteiger partial charge in [-0.1, -0.05) is 6.07 Å². The van der Waals surface area contributed by atoms with Crippen molar-refractivity contribution in [3.63, 3.8) is 0 Å². The van der Waals surface area contributed by atoms with E-state index in [2.05, 4.69) is 14.5 Å². The van der Waals surface area contributed by atoms with Crippen LogP contribution in [0.2, 0.25) is 0 Å². The predicted octanol–water partition coefficient (Wildman–Crippen LogP) is 0.979. The number of pyridine rings is 1.